The van der Waals surface area contributed by atoms with Crippen LogP contribution in [0.1, 0.15) is 31.5 Å². The molecule has 7 heteroatoms. The van der Waals surface area contributed by atoms with Crippen molar-refractivity contribution in [1.29, 1.82) is 0 Å². The molecule has 3 heterocycles. The highest BCUT2D eigenvalue weighted by Gasteiger charge is 2.40. The highest BCUT2D eigenvalue weighted by molar-refractivity contribution is 4.98. The molecule has 0 aliphatic carbocycles. The summed E-state index contributed by atoms with van der Waals surface area (Å²) >= 11 is 0. The first-order valence-corrected chi connectivity index (χ1v) is 7.08. The number of aromatic nitrogens is 4. The molecule has 0 amide bonds. The molecule has 2 aliphatic heterocycles. The van der Waals surface area contributed by atoms with E-state index in [2.05, 4.69) is 32.8 Å². The largest absolute Gasteiger partial charge is 0.300 e. The van der Waals surface area contributed by atoms with E-state index in [0.29, 0.717) is 5.92 Å². The van der Waals surface area contributed by atoms with Gasteiger partial charge in [0.05, 0.1) is 7.05 Å². The Morgan fingerprint density at radius 3 is 2.53 bits per heavy atom. The van der Waals surface area contributed by atoms with Crippen LogP contribution < -0.4 is 11.3 Å². The minimum Gasteiger partial charge on any atom is -0.300 e. The predicted octanol–water partition coefficient (Wildman–Crippen LogP) is -0.543. The number of hydrogen-bond donors (Lipinski definition) is 2. The second-order valence-corrected chi connectivity index (χ2v) is 5.95. The molecular weight excluding hydrogens is 242 g/mol. The molecular formula is C12H23N7. The number of aryl methyl sites for hydroxylation is 1. The molecule has 3 atom stereocenters. The monoisotopic (exact) mass is 265 g/mol. The number of nitrogens with two attached hydrogens (primary N) is 1. The van der Waals surface area contributed by atoms with E-state index in [9.17, 15) is 0 Å². The molecule has 106 valence electrons. The Morgan fingerprint density at radius 1 is 1.32 bits per heavy atom. The van der Waals surface area contributed by atoms with Crippen molar-refractivity contribution in [3.05, 3.63) is 5.82 Å². The van der Waals surface area contributed by atoms with Gasteiger partial charge in [0, 0.05) is 24.5 Å². The highest BCUT2D eigenvalue weighted by Crippen LogP contribution is 2.38. The van der Waals surface area contributed by atoms with Crippen molar-refractivity contribution in [1.82, 2.24) is 30.5 Å². The van der Waals surface area contributed by atoms with Crippen molar-refractivity contribution in [3.63, 3.8) is 0 Å². The lowest BCUT2D eigenvalue weighted by molar-refractivity contribution is 0.112. The molecule has 19 heavy (non-hydrogen) atoms. The van der Waals surface area contributed by atoms with Gasteiger partial charge in [-0.2, -0.15) is 4.80 Å². The van der Waals surface area contributed by atoms with Crippen molar-refractivity contribution >= 4 is 0 Å². The van der Waals surface area contributed by atoms with Gasteiger partial charge >= 0.3 is 0 Å². The summed E-state index contributed by atoms with van der Waals surface area (Å²) in [6, 6.07) is 1.71. The van der Waals surface area contributed by atoms with Gasteiger partial charge in [0.15, 0.2) is 5.82 Å². The highest BCUT2D eigenvalue weighted by atomic mass is 15.6. The van der Waals surface area contributed by atoms with Crippen LogP contribution >= 0.6 is 0 Å². The van der Waals surface area contributed by atoms with E-state index < -0.39 is 0 Å². The maximum absolute atomic E-state index is 5.76. The number of nitrogens with one attached hydrogen (secondary N) is 1. The van der Waals surface area contributed by atoms with Crippen LogP contribution in [0.3, 0.4) is 0 Å². The first-order valence-electron chi connectivity index (χ1n) is 7.08. The van der Waals surface area contributed by atoms with Gasteiger partial charge in [0.2, 0.25) is 0 Å². The Bertz CT molecular complexity index is 417. The molecule has 2 saturated heterocycles. The molecule has 0 spiro atoms. The summed E-state index contributed by atoms with van der Waals surface area (Å²) < 4.78 is 0. The lowest BCUT2D eigenvalue weighted by atomic mass is 9.84. The van der Waals surface area contributed by atoms with Crippen LogP contribution in [0.5, 0.6) is 0 Å². The molecule has 3 unspecified atom stereocenters. The van der Waals surface area contributed by atoms with Crippen LogP contribution in [-0.2, 0) is 13.5 Å². The van der Waals surface area contributed by atoms with Gasteiger partial charge in [0.25, 0.3) is 0 Å². The standard InChI is InChI=1S/C12H23N7/c1-18-9-3-4-10(18)6-8(5-9)11(14-13)7-12-15-17-19(2)16-12/h8-11,14H,3-7,13H2,1-2H3. The number of fused-ring (bicyclic) bond motifs is 2. The van der Waals surface area contributed by atoms with Crippen LogP contribution in [0.2, 0.25) is 0 Å². The fraction of sp³-hybridized carbons (Fsp3) is 0.917. The first-order chi connectivity index (χ1) is 9.17. The third-order valence-electron chi connectivity index (χ3n) is 4.87. The van der Waals surface area contributed by atoms with Crippen LogP contribution in [0.4, 0.5) is 0 Å². The van der Waals surface area contributed by atoms with E-state index in [4.69, 9.17) is 5.84 Å². The quantitative estimate of drug-likeness (QED) is 0.562. The van der Waals surface area contributed by atoms with Gasteiger partial charge in [-0.05, 0) is 43.9 Å². The van der Waals surface area contributed by atoms with E-state index in [1.165, 1.54) is 30.5 Å². The Kier molecular flexibility index (Phi) is 3.51. The molecule has 3 N–H and O–H groups in total. The number of piperidine rings is 1. The van der Waals surface area contributed by atoms with Crippen molar-refractivity contribution in [2.24, 2.45) is 18.8 Å². The van der Waals surface area contributed by atoms with Gasteiger partial charge in [0.1, 0.15) is 0 Å². The third kappa shape index (κ3) is 2.50. The SMILES string of the molecule is CN1C2CCC1CC(C(Cc1nnn(C)n1)NN)C2. The molecule has 2 aliphatic rings. The van der Waals surface area contributed by atoms with Crippen LogP contribution in [0.15, 0.2) is 0 Å². The molecule has 1 aromatic rings. The Hall–Kier alpha value is -1.05. The molecule has 0 saturated carbocycles. The second kappa shape index (κ2) is 5.15. The molecule has 3 rings (SSSR count). The Balaban J connectivity index is 1.66. The summed E-state index contributed by atoms with van der Waals surface area (Å²) in [6.07, 6.45) is 5.87. The Morgan fingerprint density at radius 2 is 2.00 bits per heavy atom. The van der Waals surface area contributed by atoms with Gasteiger partial charge < -0.3 is 4.90 Å². The summed E-state index contributed by atoms with van der Waals surface area (Å²) in [5.41, 5.74) is 2.98. The van der Waals surface area contributed by atoms with Crippen molar-refractivity contribution in [2.75, 3.05) is 7.05 Å². The smallest absolute Gasteiger partial charge is 0.176 e. The fourth-order valence-corrected chi connectivity index (χ4v) is 3.75. The summed E-state index contributed by atoms with van der Waals surface area (Å²) in [6.45, 7) is 0. The number of nitrogens with zero attached hydrogens (tertiary/aromatic N) is 5. The zero-order valence-electron chi connectivity index (χ0n) is 11.7. The maximum atomic E-state index is 5.76. The van der Waals surface area contributed by atoms with Gasteiger partial charge in [-0.3, -0.25) is 11.3 Å². The van der Waals surface area contributed by atoms with Crippen LogP contribution in [0, 0.1) is 5.92 Å². The topological polar surface area (TPSA) is 84.9 Å². The summed E-state index contributed by atoms with van der Waals surface area (Å²) in [7, 11) is 4.05. The number of tetrazole rings is 1. The predicted molar refractivity (Wildman–Crippen MR) is 70.9 cm³/mol. The van der Waals surface area contributed by atoms with Crippen molar-refractivity contribution in [3.8, 4) is 0 Å². The minimum absolute atomic E-state index is 0.251. The summed E-state index contributed by atoms with van der Waals surface area (Å²) in [5.74, 6) is 7.15. The lowest BCUT2D eigenvalue weighted by Gasteiger charge is -2.39. The van der Waals surface area contributed by atoms with Crippen molar-refractivity contribution < 1.29 is 0 Å². The van der Waals surface area contributed by atoms with E-state index in [-0.39, 0.29) is 6.04 Å². The van der Waals surface area contributed by atoms with Gasteiger partial charge in [-0.15, -0.1) is 10.2 Å². The number of hydrogen-bond acceptors (Lipinski definition) is 6. The fourth-order valence-electron chi connectivity index (χ4n) is 3.75. The zero-order valence-corrected chi connectivity index (χ0v) is 11.7. The molecule has 0 radical (unpaired) electrons. The van der Waals surface area contributed by atoms with E-state index in [1.54, 1.807) is 7.05 Å². The van der Waals surface area contributed by atoms with Gasteiger partial charge in [-0.25, -0.2) is 0 Å². The average molecular weight is 265 g/mol. The normalized spacial score (nSPS) is 32.7. The van der Waals surface area contributed by atoms with E-state index >= 15 is 0 Å². The van der Waals surface area contributed by atoms with Crippen LogP contribution in [-0.4, -0.2) is 50.3 Å². The summed E-state index contributed by atoms with van der Waals surface area (Å²) in [4.78, 5) is 4.05. The van der Waals surface area contributed by atoms with Crippen molar-refractivity contribution in [2.45, 2.75) is 50.2 Å². The summed E-state index contributed by atoms with van der Waals surface area (Å²) in [5, 5.41) is 12.2. The Labute approximate surface area is 113 Å². The second-order valence-electron chi connectivity index (χ2n) is 5.95. The average Bonchev–Trinajstić information content (AvgIpc) is 2.87. The minimum atomic E-state index is 0.251. The van der Waals surface area contributed by atoms with Gasteiger partial charge in [-0.1, -0.05) is 0 Å². The maximum Gasteiger partial charge on any atom is 0.176 e. The molecule has 7 nitrogen and oxygen atoms in total. The number of rotatable bonds is 4. The molecule has 0 aromatic carbocycles. The van der Waals surface area contributed by atoms with Crippen LogP contribution in [0.25, 0.3) is 0 Å². The first kappa shape index (κ1) is 13.0. The lowest BCUT2D eigenvalue weighted by Crippen LogP contribution is -2.49. The molecule has 2 bridgehead atoms. The van der Waals surface area contributed by atoms with E-state index in [1.807, 2.05) is 0 Å². The molecule has 2 fully saturated rings. The number of hydrazine groups is 1. The third-order valence-corrected chi connectivity index (χ3v) is 4.87. The van der Waals surface area contributed by atoms with E-state index in [0.717, 1.165) is 24.3 Å². The molecule has 1 aromatic heterocycles. The zero-order chi connectivity index (χ0) is 13.4.